The molecule has 0 atom stereocenters. The Bertz CT molecular complexity index is 299. The minimum absolute atomic E-state index is 0.856. The fourth-order valence-electron chi connectivity index (χ4n) is 1.77. The van der Waals surface area contributed by atoms with Crippen LogP contribution in [0.3, 0.4) is 0 Å². The van der Waals surface area contributed by atoms with E-state index in [4.69, 9.17) is 0 Å². The van der Waals surface area contributed by atoms with Crippen molar-refractivity contribution >= 4 is 16.5 Å². The molecule has 1 aromatic rings. The number of thiazole rings is 1. The zero-order valence-corrected chi connectivity index (χ0v) is 12.5. The van der Waals surface area contributed by atoms with Gasteiger partial charge in [-0.25, -0.2) is 4.98 Å². The van der Waals surface area contributed by atoms with Gasteiger partial charge in [-0.2, -0.15) is 0 Å². The van der Waals surface area contributed by atoms with E-state index in [0.29, 0.717) is 0 Å². The van der Waals surface area contributed by atoms with Crippen molar-refractivity contribution in [3.05, 3.63) is 10.6 Å². The molecule has 98 valence electrons. The first-order chi connectivity index (χ1) is 8.09. The first-order valence-corrected chi connectivity index (χ1v) is 7.59. The van der Waals surface area contributed by atoms with Crippen LogP contribution in [0.2, 0.25) is 0 Å². The summed E-state index contributed by atoms with van der Waals surface area (Å²) in [4.78, 5) is 5.80. The topological polar surface area (TPSA) is 24.9 Å². The molecule has 0 amide bonds. The van der Waals surface area contributed by atoms with Crippen molar-refractivity contribution < 1.29 is 0 Å². The van der Waals surface area contributed by atoms with Crippen LogP contribution >= 0.6 is 11.3 Å². The maximum atomic E-state index is 4.47. The van der Waals surface area contributed by atoms with Crippen molar-refractivity contribution in [1.82, 2.24) is 4.98 Å². The van der Waals surface area contributed by atoms with E-state index < -0.39 is 0 Å². The second-order valence-electron chi connectivity index (χ2n) is 5.18. The summed E-state index contributed by atoms with van der Waals surface area (Å²) in [7, 11) is 0. The van der Waals surface area contributed by atoms with E-state index in [-0.39, 0.29) is 0 Å². The Morgan fingerprint density at radius 3 is 2.41 bits per heavy atom. The molecule has 0 aliphatic carbocycles. The van der Waals surface area contributed by atoms with Crippen molar-refractivity contribution in [2.75, 3.05) is 11.9 Å². The second-order valence-corrected chi connectivity index (χ2v) is 6.39. The van der Waals surface area contributed by atoms with Crippen LogP contribution in [0.25, 0.3) is 0 Å². The van der Waals surface area contributed by atoms with E-state index >= 15 is 0 Å². The fraction of sp³-hybridized carbons (Fsp3) is 0.786. The molecule has 0 aromatic carbocycles. The molecule has 0 radical (unpaired) electrons. The fourth-order valence-corrected chi connectivity index (χ4v) is 2.61. The predicted octanol–water partition coefficient (Wildman–Crippen LogP) is 4.78. The molecular formula is C14H26N2S. The monoisotopic (exact) mass is 254 g/mol. The third-order valence-corrected chi connectivity index (χ3v) is 4.04. The smallest absolute Gasteiger partial charge is 0.183 e. The van der Waals surface area contributed by atoms with Gasteiger partial charge in [0.1, 0.15) is 0 Å². The minimum atomic E-state index is 0.856. The number of rotatable bonds is 8. The lowest BCUT2D eigenvalue weighted by Gasteiger charge is -2.04. The lowest BCUT2D eigenvalue weighted by atomic mass is 10.0. The van der Waals surface area contributed by atoms with E-state index in [1.165, 1.54) is 37.0 Å². The van der Waals surface area contributed by atoms with Gasteiger partial charge in [-0.15, -0.1) is 11.3 Å². The number of nitrogens with one attached hydrogen (secondary N) is 1. The van der Waals surface area contributed by atoms with Gasteiger partial charge in [0, 0.05) is 11.4 Å². The van der Waals surface area contributed by atoms with Crippen LogP contribution in [0.4, 0.5) is 5.13 Å². The maximum absolute atomic E-state index is 4.47. The van der Waals surface area contributed by atoms with Crippen molar-refractivity contribution in [3.8, 4) is 0 Å². The van der Waals surface area contributed by atoms with Crippen LogP contribution in [-0.4, -0.2) is 11.5 Å². The van der Waals surface area contributed by atoms with Gasteiger partial charge in [0.2, 0.25) is 0 Å². The van der Waals surface area contributed by atoms with E-state index in [9.17, 15) is 0 Å². The molecule has 1 heterocycles. The normalized spacial score (nSPS) is 11.1. The Morgan fingerprint density at radius 1 is 1.12 bits per heavy atom. The highest BCUT2D eigenvalue weighted by molar-refractivity contribution is 7.15. The zero-order valence-electron chi connectivity index (χ0n) is 11.7. The van der Waals surface area contributed by atoms with Gasteiger partial charge in [0.05, 0.1) is 5.69 Å². The Balaban J connectivity index is 2.01. The molecule has 0 saturated carbocycles. The molecule has 0 unspecified atom stereocenters. The van der Waals surface area contributed by atoms with E-state index in [1.807, 2.05) is 0 Å². The number of hydrogen-bond acceptors (Lipinski definition) is 3. The highest BCUT2D eigenvalue weighted by atomic mass is 32.1. The van der Waals surface area contributed by atoms with E-state index in [0.717, 1.165) is 23.3 Å². The van der Waals surface area contributed by atoms with E-state index in [2.05, 4.69) is 38.0 Å². The standard InChI is InChI=1S/C14H26N2S/c1-11(2)9-7-5-6-8-10-15-14-16-12(3)13(4)17-14/h11H,5-10H2,1-4H3,(H,15,16). The SMILES string of the molecule is Cc1nc(NCCCCCCC(C)C)sc1C. The molecule has 0 saturated heterocycles. The number of aryl methyl sites for hydroxylation is 2. The summed E-state index contributed by atoms with van der Waals surface area (Å²) >= 11 is 1.76. The Kier molecular flexibility index (Phi) is 6.56. The molecule has 17 heavy (non-hydrogen) atoms. The Morgan fingerprint density at radius 2 is 1.82 bits per heavy atom. The van der Waals surface area contributed by atoms with Crippen molar-refractivity contribution in [2.45, 2.75) is 59.8 Å². The molecule has 1 N–H and O–H groups in total. The van der Waals surface area contributed by atoms with Crippen LogP contribution in [0, 0.1) is 19.8 Å². The van der Waals surface area contributed by atoms with Crippen LogP contribution in [-0.2, 0) is 0 Å². The summed E-state index contributed by atoms with van der Waals surface area (Å²) in [5, 5.41) is 4.50. The summed E-state index contributed by atoms with van der Waals surface area (Å²) < 4.78 is 0. The van der Waals surface area contributed by atoms with Gasteiger partial charge in [0.15, 0.2) is 5.13 Å². The van der Waals surface area contributed by atoms with Gasteiger partial charge in [-0.1, -0.05) is 39.5 Å². The Labute approximate surface area is 110 Å². The first kappa shape index (κ1) is 14.5. The third-order valence-electron chi connectivity index (χ3n) is 3.01. The van der Waals surface area contributed by atoms with Gasteiger partial charge in [-0.3, -0.25) is 0 Å². The molecule has 0 aliphatic heterocycles. The molecule has 0 fully saturated rings. The van der Waals surface area contributed by atoms with Crippen LogP contribution in [0.1, 0.15) is 56.5 Å². The van der Waals surface area contributed by atoms with Gasteiger partial charge >= 0.3 is 0 Å². The maximum Gasteiger partial charge on any atom is 0.183 e. The molecule has 0 aliphatic rings. The average molecular weight is 254 g/mol. The molecular weight excluding hydrogens is 228 g/mol. The van der Waals surface area contributed by atoms with Crippen molar-refractivity contribution in [1.29, 1.82) is 0 Å². The van der Waals surface area contributed by atoms with Crippen LogP contribution < -0.4 is 5.32 Å². The lowest BCUT2D eigenvalue weighted by molar-refractivity contribution is 0.523. The number of nitrogens with zero attached hydrogens (tertiary/aromatic N) is 1. The highest BCUT2D eigenvalue weighted by Gasteiger charge is 2.01. The summed E-state index contributed by atoms with van der Waals surface area (Å²) in [5.41, 5.74) is 1.16. The third kappa shape index (κ3) is 6.06. The first-order valence-electron chi connectivity index (χ1n) is 6.77. The number of hydrogen-bond donors (Lipinski definition) is 1. The minimum Gasteiger partial charge on any atom is -0.362 e. The number of anilines is 1. The van der Waals surface area contributed by atoms with Crippen molar-refractivity contribution in [2.24, 2.45) is 5.92 Å². The van der Waals surface area contributed by atoms with Crippen LogP contribution in [0.5, 0.6) is 0 Å². The highest BCUT2D eigenvalue weighted by Crippen LogP contribution is 2.21. The van der Waals surface area contributed by atoms with Gasteiger partial charge in [0.25, 0.3) is 0 Å². The molecule has 2 nitrogen and oxygen atoms in total. The van der Waals surface area contributed by atoms with Gasteiger partial charge < -0.3 is 5.32 Å². The average Bonchev–Trinajstić information content (AvgIpc) is 2.56. The lowest BCUT2D eigenvalue weighted by Crippen LogP contribution is -2.01. The quantitative estimate of drug-likeness (QED) is 0.675. The molecule has 3 heteroatoms. The molecule has 0 bridgehead atoms. The molecule has 0 spiro atoms. The van der Waals surface area contributed by atoms with E-state index in [1.54, 1.807) is 11.3 Å². The summed E-state index contributed by atoms with van der Waals surface area (Å²) in [5.74, 6) is 0.856. The Hall–Kier alpha value is -0.570. The van der Waals surface area contributed by atoms with Gasteiger partial charge in [-0.05, 0) is 26.2 Å². The molecule has 1 rings (SSSR count). The van der Waals surface area contributed by atoms with Crippen molar-refractivity contribution in [3.63, 3.8) is 0 Å². The molecule has 1 aromatic heterocycles. The summed E-state index contributed by atoms with van der Waals surface area (Å²) in [6.45, 7) is 9.87. The summed E-state index contributed by atoms with van der Waals surface area (Å²) in [6.07, 6.45) is 6.72. The summed E-state index contributed by atoms with van der Waals surface area (Å²) in [6, 6.07) is 0. The number of aromatic nitrogens is 1. The zero-order chi connectivity index (χ0) is 12.7. The largest absolute Gasteiger partial charge is 0.362 e. The second kappa shape index (κ2) is 7.70. The van der Waals surface area contributed by atoms with Crippen LogP contribution in [0.15, 0.2) is 0 Å². The number of unbranched alkanes of at least 4 members (excludes halogenated alkanes) is 3. The predicted molar refractivity (Wildman–Crippen MR) is 78.0 cm³/mol.